The molecule has 3 rings (SSSR count). The number of aromatic nitrogens is 1. The molecule has 0 bridgehead atoms. The number of anilines is 1. The highest BCUT2D eigenvalue weighted by Crippen LogP contribution is 2.20. The van der Waals surface area contributed by atoms with E-state index in [0.717, 1.165) is 0 Å². The number of halogens is 1. The standard InChI is InChI=1S/C20H23FN4O3/c1-28-11-6-23-19(26)15-12-16(14-22-13-15)20(27)25-9-7-24(8-10-25)18-5-3-2-4-17(18)21/h2-5,12-14H,6-11H2,1H3,(H,23,26). The average molecular weight is 386 g/mol. The number of ether oxygens (including phenoxy) is 1. The highest BCUT2D eigenvalue weighted by Gasteiger charge is 2.24. The van der Waals surface area contributed by atoms with Gasteiger partial charge in [0.15, 0.2) is 0 Å². The number of nitrogens with one attached hydrogen (secondary N) is 1. The summed E-state index contributed by atoms with van der Waals surface area (Å²) in [6.45, 7) is 2.80. The van der Waals surface area contributed by atoms with Gasteiger partial charge in [-0.05, 0) is 18.2 Å². The van der Waals surface area contributed by atoms with Crippen LogP contribution >= 0.6 is 0 Å². The summed E-state index contributed by atoms with van der Waals surface area (Å²) in [5.41, 5.74) is 1.23. The number of hydrogen-bond acceptors (Lipinski definition) is 5. The van der Waals surface area contributed by atoms with E-state index in [1.807, 2.05) is 4.90 Å². The number of amides is 2. The highest BCUT2D eigenvalue weighted by molar-refractivity contribution is 5.99. The van der Waals surface area contributed by atoms with Crippen LogP contribution in [-0.4, -0.2) is 68.1 Å². The van der Waals surface area contributed by atoms with Crippen molar-refractivity contribution in [2.75, 3.05) is 51.3 Å². The smallest absolute Gasteiger partial charge is 0.255 e. The van der Waals surface area contributed by atoms with Gasteiger partial charge in [0.05, 0.1) is 23.4 Å². The van der Waals surface area contributed by atoms with Gasteiger partial charge >= 0.3 is 0 Å². The molecule has 1 aliphatic rings. The first-order chi connectivity index (χ1) is 13.6. The number of piperazine rings is 1. The normalized spacial score (nSPS) is 14.1. The largest absolute Gasteiger partial charge is 0.383 e. The van der Waals surface area contributed by atoms with Gasteiger partial charge in [0, 0.05) is 52.2 Å². The molecule has 28 heavy (non-hydrogen) atoms. The second kappa shape index (κ2) is 9.27. The number of nitrogens with zero attached hydrogens (tertiary/aromatic N) is 3. The van der Waals surface area contributed by atoms with Gasteiger partial charge in [-0.25, -0.2) is 4.39 Å². The Morgan fingerprint density at radius 1 is 1.14 bits per heavy atom. The fourth-order valence-electron chi connectivity index (χ4n) is 3.09. The van der Waals surface area contributed by atoms with Crippen molar-refractivity contribution in [3.63, 3.8) is 0 Å². The fraction of sp³-hybridized carbons (Fsp3) is 0.350. The Balaban J connectivity index is 1.61. The summed E-state index contributed by atoms with van der Waals surface area (Å²) in [5, 5.41) is 2.70. The van der Waals surface area contributed by atoms with E-state index in [9.17, 15) is 14.0 Å². The Kier molecular flexibility index (Phi) is 6.54. The average Bonchev–Trinajstić information content (AvgIpc) is 2.74. The molecule has 0 atom stereocenters. The lowest BCUT2D eigenvalue weighted by Crippen LogP contribution is -2.49. The Bertz CT molecular complexity index is 838. The quantitative estimate of drug-likeness (QED) is 0.763. The topological polar surface area (TPSA) is 74.8 Å². The number of carbonyl (C=O) groups is 2. The van der Waals surface area contributed by atoms with E-state index < -0.39 is 0 Å². The SMILES string of the molecule is COCCNC(=O)c1cncc(C(=O)N2CCN(c3ccccc3F)CC2)c1. The molecule has 2 amide bonds. The van der Waals surface area contributed by atoms with Crippen molar-refractivity contribution in [2.24, 2.45) is 0 Å². The van der Waals surface area contributed by atoms with Gasteiger partial charge in [-0.2, -0.15) is 0 Å². The van der Waals surface area contributed by atoms with Crippen LogP contribution in [0.15, 0.2) is 42.7 Å². The van der Waals surface area contributed by atoms with Gasteiger partial charge in [-0.3, -0.25) is 14.6 Å². The van der Waals surface area contributed by atoms with Crippen LogP contribution in [0, 0.1) is 5.82 Å². The summed E-state index contributed by atoms with van der Waals surface area (Å²) < 4.78 is 18.8. The Morgan fingerprint density at radius 2 is 1.86 bits per heavy atom. The maximum Gasteiger partial charge on any atom is 0.255 e. The minimum Gasteiger partial charge on any atom is -0.383 e. The number of benzene rings is 1. The van der Waals surface area contributed by atoms with Crippen molar-refractivity contribution in [1.82, 2.24) is 15.2 Å². The van der Waals surface area contributed by atoms with E-state index in [1.165, 1.54) is 18.5 Å². The molecule has 0 radical (unpaired) electrons. The molecule has 2 aromatic rings. The number of para-hydroxylation sites is 1. The molecule has 1 N–H and O–H groups in total. The monoisotopic (exact) mass is 386 g/mol. The van der Waals surface area contributed by atoms with E-state index >= 15 is 0 Å². The predicted molar refractivity (Wildman–Crippen MR) is 103 cm³/mol. The first-order valence-corrected chi connectivity index (χ1v) is 9.11. The third-order valence-corrected chi connectivity index (χ3v) is 4.60. The lowest BCUT2D eigenvalue weighted by molar-refractivity contribution is 0.0746. The third kappa shape index (κ3) is 4.64. The van der Waals surface area contributed by atoms with Crippen LogP contribution in [0.4, 0.5) is 10.1 Å². The van der Waals surface area contributed by atoms with Crippen molar-refractivity contribution < 1.29 is 18.7 Å². The second-order valence-electron chi connectivity index (χ2n) is 6.44. The molecule has 148 valence electrons. The molecule has 8 heteroatoms. The lowest BCUT2D eigenvalue weighted by Gasteiger charge is -2.36. The zero-order valence-corrected chi connectivity index (χ0v) is 15.7. The minimum atomic E-state index is -0.302. The van der Waals surface area contributed by atoms with Gasteiger partial charge < -0.3 is 19.9 Å². The van der Waals surface area contributed by atoms with E-state index in [1.54, 1.807) is 36.3 Å². The summed E-state index contributed by atoms with van der Waals surface area (Å²) in [7, 11) is 1.55. The third-order valence-electron chi connectivity index (χ3n) is 4.60. The van der Waals surface area contributed by atoms with Crippen molar-refractivity contribution in [2.45, 2.75) is 0 Å². The van der Waals surface area contributed by atoms with Gasteiger partial charge in [0.25, 0.3) is 11.8 Å². The van der Waals surface area contributed by atoms with E-state index in [2.05, 4.69) is 10.3 Å². The summed E-state index contributed by atoms with van der Waals surface area (Å²) in [5.74, 6) is -0.755. The second-order valence-corrected chi connectivity index (χ2v) is 6.44. The van der Waals surface area contributed by atoms with Crippen LogP contribution in [0.1, 0.15) is 20.7 Å². The van der Waals surface area contributed by atoms with Gasteiger partial charge in [0.1, 0.15) is 5.82 Å². The molecule has 2 heterocycles. The zero-order chi connectivity index (χ0) is 19.9. The molecule has 1 fully saturated rings. The Morgan fingerprint density at radius 3 is 2.57 bits per heavy atom. The molecular formula is C20H23FN4O3. The maximum atomic E-state index is 13.9. The number of methoxy groups -OCH3 is 1. The van der Waals surface area contributed by atoms with Gasteiger partial charge in [-0.15, -0.1) is 0 Å². The summed E-state index contributed by atoms with van der Waals surface area (Å²) in [6, 6.07) is 8.17. The number of carbonyl (C=O) groups excluding carboxylic acids is 2. The molecule has 7 nitrogen and oxygen atoms in total. The predicted octanol–water partition coefficient (Wildman–Crippen LogP) is 1.56. The number of hydrogen-bond donors (Lipinski definition) is 1. The molecule has 1 aromatic carbocycles. The molecular weight excluding hydrogens is 363 g/mol. The molecule has 0 aliphatic carbocycles. The Labute approximate surface area is 163 Å². The molecule has 0 spiro atoms. The molecule has 1 saturated heterocycles. The van der Waals surface area contributed by atoms with Crippen molar-refractivity contribution in [3.8, 4) is 0 Å². The van der Waals surface area contributed by atoms with E-state index in [4.69, 9.17) is 4.74 Å². The van der Waals surface area contributed by atoms with Crippen LogP contribution < -0.4 is 10.2 Å². The van der Waals surface area contributed by atoms with E-state index in [-0.39, 0.29) is 17.6 Å². The maximum absolute atomic E-state index is 13.9. The number of rotatable bonds is 6. The number of pyridine rings is 1. The Hall–Kier alpha value is -3.00. The molecule has 0 saturated carbocycles. The molecule has 1 aliphatic heterocycles. The molecule has 1 aromatic heterocycles. The molecule has 0 unspecified atom stereocenters. The lowest BCUT2D eigenvalue weighted by atomic mass is 10.1. The van der Waals surface area contributed by atoms with Crippen LogP contribution in [0.25, 0.3) is 0 Å². The van der Waals surface area contributed by atoms with Crippen LogP contribution in [0.3, 0.4) is 0 Å². The first kappa shape index (κ1) is 19.8. The van der Waals surface area contributed by atoms with Gasteiger partial charge in [0.2, 0.25) is 0 Å². The first-order valence-electron chi connectivity index (χ1n) is 9.11. The van der Waals surface area contributed by atoms with Crippen LogP contribution in [0.5, 0.6) is 0 Å². The van der Waals surface area contributed by atoms with E-state index in [0.29, 0.717) is 56.1 Å². The van der Waals surface area contributed by atoms with Crippen molar-refractivity contribution in [3.05, 3.63) is 59.7 Å². The summed E-state index contributed by atoms with van der Waals surface area (Å²) >= 11 is 0. The van der Waals surface area contributed by atoms with Gasteiger partial charge in [-0.1, -0.05) is 12.1 Å². The van der Waals surface area contributed by atoms with Crippen molar-refractivity contribution >= 4 is 17.5 Å². The van der Waals surface area contributed by atoms with Crippen molar-refractivity contribution in [1.29, 1.82) is 0 Å². The minimum absolute atomic E-state index is 0.188. The van der Waals surface area contributed by atoms with Crippen LogP contribution in [-0.2, 0) is 4.74 Å². The zero-order valence-electron chi connectivity index (χ0n) is 15.7. The summed E-state index contributed by atoms with van der Waals surface area (Å²) in [4.78, 5) is 32.6. The van der Waals surface area contributed by atoms with Crippen LogP contribution in [0.2, 0.25) is 0 Å². The highest BCUT2D eigenvalue weighted by atomic mass is 19.1. The fourth-order valence-corrected chi connectivity index (χ4v) is 3.09. The summed E-state index contributed by atoms with van der Waals surface area (Å²) in [6.07, 6.45) is 2.88.